The molecule has 0 radical (unpaired) electrons. The number of nitro benzene ring substituents is 1. The van der Waals surface area contributed by atoms with E-state index in [4.69, 9.17) is 5.11 Å². The van der Waals surface area contributed by atoms with Gasteiger partial charge in [-0.1, -0.05) is 6.07 Å². The SMILES string of the molecule is Cc1ccc([N+](=O)[O-])cc1N1C(=O)CC(N2CCC(C(=O)O)CC2)C1=O. The molecule has 2 fully saturated rings. The monoisotopic (exact) mass is 361 g/mol. The van der Waals surface area contributed by atoms with Crippen LogP contribution >= 0.6 is 0 Å². The average Bonchev–Trinajstić information content (AvgIpc) is 2.90. The van der Waals surface area contributed by atoms with Gasteiger partial charge in [0.25, 0.3) is 11.6 Å². The summed E-state index contributed by atoms with van der Waals surface area (Å²) in [5.41, 5.74) is 0.650. The fourth-order valence-corrected chi connectivity index (χ4v) is 3.56. The molecule has 0 spiro atoms. The largest absolute Gasteiger partial charge is 0.481 e. The number of carboxylic acids is 1. The highest BCUT2D eigenvalue weighted by Crippen LogP contribution is 2.32. The van der Waals surface area contributed by atoms with Crippen molar-refractivity contribution in [2.45, 2.75) is 32.2 Å². The van der Waals surface area contributed by atoms with E-state index in [2.05, 4.69) is 0 Å². The molecule has 3 rings (SSSR count). The van der Waals surface area contributed by atoms with Gasteiger partial charge in [0.15, 0.2) is 0 Å². The molecule has 0 aromatic heterocycles. The van der Waals surface area contributed by atoms with Gasteiger partial charge in [-0.05, 0) is 38.4 Å². The van der Waals surface area contributed by atoms with Crippen LogP contribution in [-0.4, -0.2) is 51.8 Å². The van der Waals surface area contributed by atoms with Gasteiger partial charge < -0.3 is 5.11 Å². The second kappa shape index (κ2) is 6.83. The molecule has 1 aromatic carbocycles. The van der Waals surface area contributed by atoms with Gasteiger partial charge in [-0.2, -0.15) is 0 Å². The molecular formula is C17H19N3O6. The molecule has 2 amide bonds. The Balaban J connectivity index is 1.81. The number of aryl methyl sites for hydroxylation is 1. The Kier molecular flexibility index (Phi) is 4.73. The molecule has 1 aromatic rings. The van der Waals surface area contributed by atoms with Crippen molar-refractivity contribution in [3.8, 4) is 0 Å². The molecule has 26 heavy (non-hydrogen) atoms. The van der Waals surface area contributed by atoms with Gasteiger partial charge in [-0.15, -0.1) is 0 Å². The van der Waals surface area contributed by atoms with Crippen LogP contribution < -0.4 is 4.90 Å². The molecule has 1 unspecified atom stereocenters. The molecule has 1 atom stereocenters. The van der Waals surface area contributed by atoms with E-state index in [-0.39, 0.29) is 17.8 Å². The van der Waals surface area contributed by atoms with E-state index >= 15 is 0 Å². The molecule has 2 saturated heterocycles. The number of carbonyl (C=O) groups is 3. The van der Waals surface area contributed by atoms with Gasteiger partial charge in [0.2, 0.25) is 5.91 Å². The Morgan fingerprint density at radius 2 is 1.92 bits per heavy atom. The van der Waals surface area contributed by atoms with Crippen LogP contribution in [-0.2, 0) is 14.4 Å². The van der Waals surface area contributed by atoms with Gasteiger partial charge in [-0.25, -0.2) is 4.90 Å². The first-order chi connectivity index (χ1) is 12.3. The first-order valence-electron chi connectivity index (χ1n) is 8.38. The lowest BCUT2D eigenvalue weighted by atomic mass is 9.95. The van der Waals surface area contributed by atoms with Crippen LogP contribution in [0.1, 0.15) is 24.8 Å². The fourth-order valence-electron chi connectivity index (χ4n) is 3.56. The molecule has 2 aliphatic heterocycles. The van der Waals surface area contributed by atoms with E-state index in [0.29, 0.717) is 31.5 Å². The Labute approximate surface area is 149 Å². The summed E-state index contributed by atoms with van der Waals surface area (Å²) in [4.78, 5) is 49.7. The van der Waals surface area contributed by atoms with Gasteiger partial charge in [0, 0.05) is 12.1 Å². The van der Waals surface area contributed by atoms with E-state index in [0.717, 1.165) is 4.90 Å². The number of rotatable bonds is 4. The normalized spacial score (nSPS) is 22.0. The highest BCUT2D eigenvalue weighted by atomic mass is 16.6. The van der Waals surface area contributed by atoms with Crippen molar-refractivity contribution >= 4 is 29.2 Å². The molecule has 0 saturated carbocycles. The van der Waals surface area contributed by atoms with Crippen molar-refractivity contribution in [3.05, 3.63) is 33.9 Å². The lowest BCUT2D eigenvalue weighted by Gasteiger charge is -2.33. The molecule has 9 nitrogen and oxygen atoms in total. The van der Waals surface area contributed by atoms with Crippen molar-refractivity contribution in [1.29, 1.82) is 0 Å². The second-order valence-corrected chi connectivity index (χ2v) is 6.66. The van der Waals surface area contributed by atoms with Crippen LogP contribution in [0.2, 0.25) is 0 Å². The number of imide groups is 1. The summed E-state index contributed by atoms with van der Waals surface area (Å²) in [6.07, 6.45) is 0.866. The van der Waals surface area contributed by atoms with Crippen LogP contribution in [0.4, 0.5) is 11.4 Å². The first kappa shape index (κ1) is 18.0. The Morgan fingerprint density at radius 3 is 2.50 bits per heavy atom. The van der Waals surface area contributed by atoms with Crippen LogP contribution in [0.3, 0.4) is 0 Å². The number of benzene rings is 1. The number of hydrogen-bond donors (Lipinski definition) is 1. The summed E-state index contributed by atoms with van der Waals surface area (Å²) < 4.78 is 0. The van der Waals surface area contributed by atoms with Crippen LogP contribution in [0.5, 0.6) is 0 Å². The van der Waals surface area contributed by atoms with Gasteiger partial charge >= 0.3 is 5.97 Å². The minimum atomic E-state index is -0.840. The average molecular weight is 361 g/mol. The number of anilines is 1. The van der Waals surface area contributed by atoms with Crippen LogP contribution in [0, 0.1) is 23.0 Å². The Morgan fingerprint density at radius 1 is 1.27 bits per heavy atom. The zero-order valence-electron chi connectivity index (χ0n) is 14.3. The van der Waals surface area contributed by atoms with E-state index in [1.165, 1.54) is 18.2 Å². The van der Waals surface area contributed by atoms with Crippen LogP contribution in [0.15, 0.2) is 18.2 Å². The van der Waals surface area contributed by atoms with Crippen molar-refractivity contribution < 1.29 is 24.4 Å². The number of piperidine rings is 1. The van der Waals surface area contributed by atoms with Crippen molar-refractivity contribution in [2.24, 2.45) is 5.92 Å². The third-order valence-electron chi connectivity index (χ3n) is 5.09. The summed E-state index contributed by atoms with van der Waals surface area (Å²) in [5, 5.41) is 20.1. The smallest absolute Gasteiger partial charge is 0.306 e. The number of amides is 2. The number of nitrogens with zero attached hydrogens (tertiary/aromatic N) is 3. The number of carbonyl (C=O) groups excluding carboxylic acids is 2. The first-order valence-corrected chi connectivity index (χ1v) is 8.38. The minimum Gasteiger partial charge on any atom is -0.481 e. The molecular weight excluding hydrogens is 342 g/mol. The summed E-state index contributed by atoms with van der Waals surface area (Å²) in [5.74, 6) is -2.07. The summed E-state index contributed by atoms with van der Waals surface area (Å²) in [6, 6.07) is 3.44. The second-order valence-electron chi connectivity index (χ2n) is 6.66. The number of nitro groups is 1. The van der Waals surface area contributed by atoms with E-state index in [1.54, 1.807) is 6.92 Å². The lowest BCUT2D eigenvalue weighted by molar-refractivity contribution is -0.384. The van der Waals surface area contributed by atoms with E-state index in [9.17, 15) is 24.5 Å². The van der Waals surface area contributed by atoms with Crippen molar-refractivity contribution in [1.82, 2.24) is 4.90 Å². The van der Waals surface area contributed by atoms with Crippen molar-refractivity contribution in [2.75, 3.05) is 18.0 Å². The minimum absolute atomic E-state index is 0.00129. The maximum absolute atomic E-state index is 12.8. The zero-order chi connectivity index (χ0) is 19.0. The maximum atomic E-state index is 12.8. The predicted octanol–water partition coefficient (Wildman–Crippen LogP) is 1.33. The summed E-state index contributed by atoms with van der Waals surface area (Å²) in [6.45, 7) is 2.55. The Hall–Kier alpha value is -2.81. The number of likely N-dealkylation sites (tertiary alicyclic amines) is 1. The molecule has 0 aliphatic carbocycles. The van der Waals surface area contributed by atoms with Gasteiger partial charge in [-0.3, -0.25) is 29.4 Å². The third-order valence-corrected chi connectivity index (χ3v) is 5.09. The topological polar surface area (TPSA) is 121 Å². The number of aliphatic carboxylic acids is 1. The third kappa shape index (κ3) is 3.17. The summed E-state index contributed by atoms with van der Waals surface area (Å²) in [7, 11) is 0. The molecule has 9 heteroatoms. The van der Waals surface area contributed by atoms with Gasteiger partial charge in [0.05, 0.1) is 29.0 Å². The Bertz CT molecular complexity index is 785. The van der Waals surface area contributed by atoms with E-state index in [1.807, 2.05) is 4.90 Å². The molecule has 138 valence electrons. The number of carboxylic acid groups (broad SMARTS) is 1. The maximum Gasteiger partial charge on any atom is 0.306 e. The van der Waals surface area contributed by atoms with Gasteiger partial charge in [0.1, 0.15) is 0 Å². The van der Waals surface area contributed by atoms with E-state index < -0.39 is 34.7 Å². The molecule has 2 aliphatic rings. The quantitative estimate of drug-likeness (QED) is 0.488. The highest BCUT2D eigenvalue weighted by molar-refractivity contribution is 6.22. The standard InChI is InChI=1S/C17H19N3O6/c1-10-2-3-12(20(25)26)8-13(10)19-15(21)9-14(16(19)22)18-6-4-11(5-7-18)17(23)24/h2-3,8,11,14H,4-7,9H2,1H3,(H,23,24). The predicted molar refractivity (Wildman–Crippen MR) is 90.7 cm³/mol. The number of non-ortho nitro benzene ring substituents is 1. The molecule has 2 heterocycles. The molecule has 1 N–H and O–H groups in total. The van der Waals surface area contributed by atoms with Crippen molar-refractivity contribution in [3.63, 3.8) is 0 Å². The molecule has 0 bridgehead atoms. The summed E-state index contributed by atoms with van der Waals surface area (Å²) >= 11 is 0. The lowest BCUT2D eigenvalue weighted by Crippen LogP contribution is -2.46. The number of hydrogen-bond acceptors (Lipinski definition) is 6. The highest BCUT2D eigenvalue weighted by Gasteiger charge is 2.44. The fraction of sp³-hybridized carbons (Fsp3) is 0.471. The van der Waals surface area contributed by atoms with Crippen LogP contribution in [0.25, 0.3) is 0 Å². The zero-order valence-corrected chi connectivity index (χ0v) is 14.3.